The van der Waals surface area contributed by atoms with Gasteiger partial charge in [0.1, 0.15) is 11.5 Å². The molecule has 2 aromatic rings. The molecule has 0 unspecified atom stereocenters. The summed E-state index contributed by atoms with van der Waals surface area (Å²) in [5, 5.41) is 29.6. The van der Waals surface area contributed by atoms with E-state index in [1.165, 1.54) is 12.1 Å². The van der Waals surface area contributed by atoms with Crippen LogP contribution in [0, 0.1) is 0 Å². The van der Waals surface area contributed by atoms with Crippen molar-refractivity contribution in [3.05, 3.63) is 42.0 Å². The molecule has 0 radical (unpaired) electrons. The van der Waals surface area contributed by atoms with Crippen LogP contribution >= 0.6 is 0 Å². The van der Waals surface area contributed by atoms with Gasteiger partial charge in [0.15, 0.2) is 0 Å². The van der Waals surface area contributed by atoms with Gasteiger partial charge in [-0.3, -0.25) is 0 Å². The SMILES string of the molecule is OCC=Cc1cc(O)c2ccccc2c1O. The molecule has 0 saturated carbocycles. The van der Waals surface area contributed by atoms with E-state index in [1.54, 1.807) is 30.3 Å². The zero-order valence-corrected chi connectivity index (χ0v) is 8.59. The standard InChI is InChI=1S/C13H12O3/c14-7-3-4-9-8-12(15)10-5-1-2-6-11(10)13(9)16/h1-6,8,14-16H,7H2. The molecule has 3 heteroatoms. The minimum absolute atomic E-state index is 0.104. The molecule has 0 amide bonds. The smallest absolute Gasteiger partial charge is 0.130 e. The fourth-order valence-corrected chi connectivity index (χ4v) is 1.67. The van der Waals surface area contributed by atoms with Gasteiger partial charge >= 0.3 is 0 Å². The molecular formula is C13H12O3. The summed E-state index contributed by atoms with van der Waals surface area (Å²) in [5.41, 5.74) is 0.491. The third-order valence-electron chi connectivity index (χ3n) is 2.43. The van der Waals surface area contributed by atoms with Crippen LogP contribution in [-0.4, -0.2) is 21.9 Å². The van der Waals surface area contributed by atoms with Gasteiger partial charge in [0.2, 0.25) is 0 Å². The maximum atomic E-state index is 9.96. The van der Waals surface area contributed by atoms with Gasteiger partial charge < -0.3 is 15.3 Å². The van der Waals surface area contributed by atoms with E-state index in [1.807, 2.05) is 0 Å². The average Bonchev–Trinajstić information content (AvgIpc) is 2.32. The van der Waals surface area contributed by atoms with E-state index >= 15 is 0 Å². The lowest BCUT2D eigenvalue weighted by molar-refractivity contribution is 0.343. The van der Waals surface area contributed by atoms with Crippen LogP contribution in [0.5, 0.6) is 11.5 Å². The number of rotatable bonds is 2. The van der Waals surface area contributed by atoms with Crippen molar-refractivity contribution in [1.29, 1.82) is 0 Å². The third kappa shape index (κ3) is 1.73. The molecule has 3 nitrogen and oxygen atoms in total. The van der Waals surface area contributed by atoms with E-state index < -0.39 is 0 Å². The molecule has 0 aliphatic heterocycles. The first kappa shape index (κ1) is 10.5. The molecular weight excluding hydrogens is 204 g/mol. The lowest BCUT2D eigenvalue weighted by Crippen LogP contribution is -1.81. The molecule has 0 bridgehead atoms. The van der Waals surface area contributed by atoms with Gasteiger partial charge in [0, 0.05) is 16.3 Å². The van der Waals surface area contributed by atoms with Gasteiger partial charge in [0.25, 0.3) is 0 Å². The minimum Gasteiger partial charge on any atom is -0.507 e. The fraction of sp³-hybridized carbons (Fsp3) is 0.0769. The van der Waals surface area contributed by atoms with Crippen LogP contribution < -0.4 is 0 Å². The Morgan fingerprint density at radius 2 is 1.75 bits per heavy atom. The molecule has 0 spiro atoms. The van der Waals surface area contributed by atoms with Crippen LogP contribution in [0.1, 0.15) is 5.56 Å². The highest BCUT2D eigenvalue weighted by molar-refractivity contribution is 5.95. The summed E-state index contributed by atoms with van der Waals surface area (Å²) >= 11 is 0. The van der Waals surface area contributed by atoms with Crippen molar-refractivity contribution in [1.82, 2.24) is 0 Å². The first-order valence-electron chi connectivity index (χ1n) is 4.95. The maximum Gasteiger partial charge on any atom is 0.130 e. The topological polar surface area (TPSA) is 60.7 Å². The molecule has 0 saturated heterocycles. The second-order valence-electron chi connectivity index (χ2n) is 3.46. The Bertz CT molecular complexity index is 544. The van der Waals surface area contributed by atoms with Crippen molar-refractivity contribution in [3.63, 3.8) is 0 Å². The third-order valence-corrected chi connectivity index (χ3v) is 2.43. The largest absolute Gasteiger partial charge is 0.507 e. The van der Waals surface area contributed by atoms with Crippen LogP contribution in [0.15, 0.2) is 36.4 Å². The number of aliphatic hydroxyl groups is 1. The summed E-state index contributed by atoms with van der Waals surface area (Å²) in [6.07, 6.45) is 3.07. The Hall–Kier alpha value is -2.00. The summed E-state index contributed by atoms with van der Waals surface area (Å²) in [7, 11) is 0. The van der Waals surface area contributed by atoms with Crippen LogP contribution in [0.4, 0.5) is 0 Å². The minimum atomic E-state index is -0.104. The number of aliphatic hydroxyl groups excluding tert-OH is 1. The van der Waals surface area contributed by atoms with Crippen molar-refractivity contribution in [2.45, 2.75) is 0 Å². The summed E-state index contributed by atoms with van der Waals surface area (Å²) in [4.78, 5) is 0. The predicted molar refractivity (Wildman–Crippen MR) is 63.4 cm³/mol. The van der Waals surface area contributed by atoms with Crippen LogP contribution in [0.25, 0.3) is 16.8 Å². The normalized spacial score (nSPS) is 11.3. The molecule has 0 aliphatic rings. The van der Waals surface area contributed by atoms with Gasteiger partial charge in [-0.05, 0) is 6.07 Å². The van der Waals surface area contributed by atoms with Crippen molar-refractivity contribution < 1.29 is 15.3 Å². The number of hydrogen-bond donors (Lipinski definition) is 3. The van der Waals surface area contributed by atoms with E-state index in [9.17, 15) is 10.2 Å². The molecule has 0 aromatic heterocycles. The number of hydrogen-bond acceptors (Lipinski definition) is 3. The van der Waals surface area contributed by atoms with E-state index in [0.717, 1.165) is 0 Å². The summed E-state index contributed by atoms with van der Waals surface area (Å²) < 4.78 is 0. The molecule has 0 fully saturated rings. The Balaban J connectivity index is 2.70. The fourth-order valence-electron chi connectivity index (χ4n) is 1.67. The van der Waals surface area contributed by atoms with Crippen molar-refractivity contribution in [2.75, 3.05) is 6.61 Å². The molecule has 0 heterocycles. The van der Waals surface area contributed by atoms with Gasteiger partial charge in [-0.2, -0.15) is 0 Å². The Morgan fingerprint density at radius 3 is 2.44 bits per heavy atom. The van der Waals surface area contributed by atoms with Gasteiger partial charge in [-0.15, -0.1) is 0 Å². The molecule has 2 aromatic carbocycles. The van der Waals surface area contributed by atoms with E-state index in [4.69, 9.17) is 5.11 Å². The molecule has 82 valence electrons. The van der Waals surface area contributed by atoms with Gasteiger partial charge in [-0.1, -0.05) is 36.4 Å². The maximum absolute atomic E-state index is 9.96. The molecule has 0 aliphatic carbocycles. The molecule has 3 N–H and O–H groups in total. The molecule has 16 heavy (non-hydrogen) atoms. The highest BCUT2D eigenvalue weighted by atomic mass is 16.3. The monoisotopic (exact) mass is 216 g/mol. The molecule has 0 atom stereocenters. The summed E-state index contributed by atoms with van der Waals surface area (Å²) in [6.45, 7) is -0.104. The van der Waals surface area contributed by atoms with Crippen molar-refractivity contribution in [2.24, 2.45) is 0 Å². The van der Waals surface area contributed by atoms with E-state index in [0.29, 0.717) is 16.3 Å². The van der Waals surface area contributed by atoms with Crippen molar-refractivity contribution in [3.8, 4) is 11.5 Å². The highest BCUT2D eigenvalue weighted by Gasteiger charge is 2.07. The average molecular weight is 216 g/mol. The Kier molecular flexibility index (Phi) is 2.79. The predicted octanol–water partition coefficient (Wildman–Crippen LogP) is 2.26. The Labute approximate surface area is 92.9 Å². The van der Waals surface area contributed by atoms with Gasteiger partial charge in [0.05, 0.1) is 6.61 Å². The lowest BCUT2D eigenvalue weighted by Gasteiger charge is -2.06. The Morgan fingerprint density at radius 1 is 1.06 bits per heavy atom. The van der Waals surface area contributed by atoms with Gasteiger partial charge in [-0.25, -0.2) is 0 Å². The number of benzene rings is 2. The van der Waals surface area contributed by atoms with E-state index in [2.05, 4.69) is 0 Å². The zero-order valence-electron chi connectivity index (χ0n) is 8.59. The molecule has 2 rings (SSSR count). The van der Waals surface area contributed by atoms with Crippen molar-refractivity contribution >= 4 is 16.8 Å². The van der Waals surface area contributed by atoms with E-state index in [-0.39, 0.29) is 18.1 Å². The zero-order chi connectivity index (χ0) is 11.5. The van der Waals surface area contributed by atoms with Crippen LogP contribution in [0.3, 0.4) is 0 Å². The first-order valence-corrected chi connectivity index (χ1v) is 4.95. The first-order chi connectivity index (χ1) is 7.74. The number of phenols is 2. The quantitative estimate of drug-likeness (QED) is 0.675. The number of phenolic OH excluding ortho intramolecular Hbond substituents is 2. The summed E-state index contributed by atoms with van der Waals surface area (Å²) in [5.74, 6) is 0.226. The second-order valence-corrected chi connectivity index (χ2v) is 3.46. The lowest BCUT2D eigenvalue weighted by atomic mass is 10.0. The number of aromatic hydroxyl groups is 2. The summed E-state index contributed by atoms with van der Waals surface area (Å²) in [6, 6.07) is 8.54. The second kappa shape index (κ2) is 4.24. The highest BCUT2D eigenvalue weighted by Crippen LogP contribution is 2.35. The van der Waals surface area contributed by atoms with Crippen LogP contribution in [0.2, 0.25) is 0 Å². The van der Waals surface area contributed by atoms with Crippen LogP contribution in [-0.2, 0) is 0 Å². The number of fused-ring (bicyclic) bond motifs is 1.